The van der Waals surface area contributed by atoms with Crippen molar-refractivity contribution in [3.8, 4) is 0 Å². The lowest BCUT2D eigenvalue weighted by molar-refractivity contribution is -0.123. The van der Waals surface area contributed by atoms with Crippen molar-refractivity contribution in [2.75, 3.05) is 39.8 Å². The van der Waals surface area contributed by atoms with Crippen molar-refractivity contribution in [2.24, 2.45) is 0 Å². The second-order valence-electron chi connectivity index (χ2n) is 7.00. The maximum atomic E-state index is 11.8. The van der Waals surface area contributed by atoms with E-state index in [0.717, 1.165) is 32.6 Å². The quantitative estimate of drug-likeness (QED) is 0.901. The number of rotatable bonds is 5. The Hall–Kier alpha value is -1.39. The number of carbonyl (C=O) groups excluding carboxylic acids is 1. The number of amides is 1. The molecule has 1 spiro atoms. The van der Waals surface area contributed by atoms with E-state index in [2.05, 4.69) is 45.4 Å². The number of hydrogen-bond donors (Lipinski definition) is 1. The highest BCUT2D eigenvalue weighted by atomic mass is 16.1. The van der Waals surface area contributed by atoms with Crippen LogP contribution in [0.4, 0.5) is 0 Å². The molecule has 4 heteroatoms. The normalized spacial score (nSPS) is 21.6. The first-order valence-corrected chi connectivity index (χ1v) is 8.94. The van der Waals surface area contributed by atoms with Gasteiger partial charge in [-0.15, -0.1) is 0 Å². The number of nitrogens with zero attached hydrogens (tertiary/aromatic N) is 2. The molecule has 3 rings (SSSR count). The van der Waals surface area contributed by atoms with E-state index in [0.29, 0.717) is 6.54 Å². The number of likely N-dealkylation sites (N-methyl/N-ethyl adjacent to an activating group) is 1. The number of nitrogens with one attached hydrogen (secondary N) is 1. The average Bonchev–Trinajstić information content (AvgIpc) is 2.97. The molecular weight excluding hydrogens is 286 g/mol. The molecule has 0 atom stereocenters. The molecule has 23 heavy (non-hydrogen) atoms. The van der Waals surface area contributed by atoms with E-state index in [1.54, 1.807) is 7.05 Å². The van der Waals surface area contributed by atoms with Gasteiger partial charge in [0.2, 0.25) is 5.91 Å². The van der Waals surface area contributed by atoms with Crippen molar-refractivity contribution in [1.29, 1.82) is 0 Å². The van der Waals surface area contributed by atoms with Crippen LogP contribution in [0.3, 0.4) is 0 Å². The SMILES string of the molecule is CNC(=O)CN1CCCC12CCN(CCc1ccccc1)CC2. The van der Waals surface area contributed by atoms with Gasteiger partial charge in [-0.3, -0.25) is 9.69 Å². The molecule has 1 N–H and O–H groups in total. The fraction of sp³-hybridized carbons (Fsp3) is 0.632. The van der Waals surface area contributed by atoms with Crippen molar-refractivity contribution >= 4 is 5.91 Å². The van der Waals surface area contributed by atoms with Crippen molar-refractivity contribution in [1.82, 2.24) is 15.1 Å². The molecule has 1 amide bonds. The molecule has 0 bridgehead atoms. The van der Waals surface area contributed by atoms with Crippen LogP contribution in [0.1, 0.15) is 31.2 Å². The number of carbonyl (C=O) groups is 1. The number of piperidine rings is 1. The summed E-state index contributed by atoms with van der Waals surface area (Å²) in [5.41, 5.74) is 1.71. The summed E-state index contributed by atoms with van der Waals surface area (Å²) in [6.45, 7) is 5.13. The fourth-order valence-electron chi connectivity index (χ4n) is 4.18. The monoisotopic (exact) mass is 315 g/mol. The van der Waals surface area contributed by atoms with Crippen LogP contribution in [0.25, 0.3) is 0 Å². The van der Waals surface area contributed by atoms with Crippen LogP contribution in [0.5, 0.6) is 0 Å². The van der Waals surface area contributed by atoms with Gasteiger partial charge in [-0.05, 0) is 57.3 Å². The topological polar surface area (TPSA) is 35.6 Å². The Balaban J connectivity index is 1.50. The van der Waals surface area contributed by atoms with Gasteiger partial charge < -0.3 is 10.2 Å². The minimum Gasteiger partial charge on any atom is -0.358 e. The zero-order valence-electron chi connectivity index (χ0n) is 14.3. The van der Waals surface area contributed by atoms with E-state index in [4.69, 9.17) is 0 Å². The third kappa shape index (κ3) is 3.93. The Morgan fingerprint density at radius 2 is 1.87 bits per heavy atom. The van der Waals surface area contributed by atoms with Crippen LogP contribution in [0.2, 0.25) is 0 Å². The van der Waals surface area contributed by atoms with Crippen LogP contribution < -0.4 is 5.32 Å². The highest BCUT2D eigenvalue weighted by Crippen LogP contribution is 2.38. The van der Waals surface area contributed by atoms with Gasteiger partial charge in [-0.2, -0.15) is 0 Å². The number of likely N-dealkylation sites (tertiary alicyclic amines) is 2. The average molecular weight is 315 g/mol. The zero-order valence-corrected chi connectivity index (χ0v) is 14.3. The van der Waals surface area contributed by atoms with Crippen molar-refractivity contribution in [3.05, 3.63) is 35.9 Å². The molecule has 0 aliphatic carbocycles. The molecule has 2 heterocycles. The van der Waals surface area contributed by atoms with Crippen molar-refractivity contribution in [3.63, 3.8) is 0 Å². The highest BCUT2D eigenvalue weighted by Gasteiger charge is 2.43. The largest absolute Gasteiger partial charge is 0.358 e. The Bertz CT molecular complexity index is 509. The molecule has 2 saturated heterocycles. The number of benzene rings is 1. The Kier molecular flexibility index (Phi) is 5.34. The minimum absolute atomic E-state index is 0.151. The van der Waals surface area contributed by atoms with Crippen LogP contribution in [-0.2, 0) is 11.2 Å². The van der Waals surface area contributed by atoms with Crippen molar-refractivity contribution < 1.29 is 4.79 Å². The predicted octanol–water partition coefficient (Wildman–Crippen LogP) is 1.91. The molecule has 2 aliphatic rings. The van der Waals surface area contributed by atoms with Gasteiger partial charge in [0.05, 0.1) is 6.54 Å². The van der Waals surface area contributed by atoms with E-state index in [1.165, 1.54) is 31.2 Å². The molecule has 0 aromatic heterocycles. The van der Waals surface area contributed by atoms with Gasteiger partial charge in [-0.1, -0.05) is 30.3 Å². The van der Waals surface area contributed by atoms with E-state index in [-0.39, 0.29) is 11.4 Å². The Morgan fingerprint density at radius 3 is 2.57 bits per heavy atom. The van der Waals surface area contributed by atoms with E-state index >= 15 is 0 Å². The van der Waals surface area contributed by atoms with Gasteiger partial charge >= 0.3 is 0 Å². The highest BCUT2D eigenvalue weighted by molar-refractivity contribution is 5.77. The van der Waals surface area contributed by atoms with Crippen LogP contribution >= 0.6 is 0 Å². The lowest BCUT2D eigenvalue weighted by atomic mass is 9.84. The summed E-state index contributed by atoms with van der Waals surface area (Å²) in [5.74, 6) is 0.151. The molecule has 2 aliphatic heterocycles. The summed E-state index contributed by atoms with van der Waals surface area (Å²) >= 11 is 0. The molecule has 0 unspecified atom stereocenters. The third-order valence-corrected chi connectivity index (χ3v) is 5.70. The summed E-state index contributed by atoms with van der Waals surface area (Å²) in [4.78, 5) is 16.8. The standard InChI is InChI=1S/C19H29N3O/c1-20-18(23)16-22-12-5-9-19(22)10-14-21(15-11-19)13-8-17-6-3-2-4-7-17/h2-4,6-7H,5,8-16H2,1H3,(H,20,23). The van der Waals surface area contributed by atoms with E-state index in [9.17, 15) is 4.79 Å². The van der Waals surface area contributed by atoms with E-state index in [1.807, 2.05) is 0 Å². The smallest absolute Gasteiger partial charge is 0.233 e. The van der Waals surface area contributed by atoms with Crippen molar-refractivity contribution in [2.45, 2.75) is 37.6 Å². The molecule has 1 aromatic rings. The second kappa shape index (κ2) is 7.45. The minimum atomic E-state index is 0.151. The summed E-state index contributed by atoms with van der Waals surface area (Å²) < 4.78 is 0. The molecule has 126 valence electrons. The fourth-order valence-corrected chi connectivity index (χ4v) is 4.18. The van der Waals surface area contributed by atoms with Gasteiger partial charge in [0.1, 0.15) is 0 Å². The van der Waals surface area contributed by atoms with Crippen LogP contribution in [0, 0.1) is 0 Å². The lowest BCUT2D eigenvalue weighted by Crippen LogP contribution is -2.54. The van der Waals surface area contributed by atoms with Gasteiger partial charge in [0.25, 0.3) is 0 Å². The van der Waals surface area contributed by atoms with Gasteiger partial charge in [-0.25, -0.2) is 0 Å². The molecule has 1 aromatic carbocycles. The maximum Gasteiger partial charge on any atom is 0.233 e. The van der Waals surface area contributed by atoms with Crippen LogP contribution in [-0.4, -0.2) is 61.0 Å². The van der Waals surface area contributed by atoms with Gasteiger partial charge in [0, 0.05) is 19.1 Å². The maximum absolute atomic E-state index is 11.8. The zero-order chi connectivity index (χ0) is 16.1. The third-order valence-electron chi connectivity index (χ3n) is 5.70. The summed E-state index contributed by atoms with van der Waals surface area (Å²) in [5, 5.41) is 2.77. The summed E-state index contributed by atoms with van der Waals surface area (Å²) in [6.07, 6.45) is 6.05. The summed E-state index contributed by atoms with van der Waals surface area (Å²) in [7, 11) is 1.73. The Morgan fingerprint density at radius 1 is 1.13 bits per heavy atom. The molecule has 4 nitrogen and oxygen atoms in total. The lowest BCUT2D eigenvalue weighted by Gasteiger charge is -2.45. The predicted molar refractivity (Wildman–Crippen MR) is 93.4 cm³/mol. The molecule has 0 saturated carbocycles. The van der Waals surface area contributed by atoms with Gasteiger partial charge in [0.15, 0.2) is 0 Å². The first kappa shape index (κ1) is 16.5. The van der Waals surface area contributed by atoms with E-state index < -0.39 is 0 Å². The molecule has 0 radical (unpaired) electrons. The molecule has 2 fully saturated rings. The molecular formula is C19H29N3O. The Labute approximate surface area is 139 Å². The first-order valence-electron chi connectivity index (χ1n) is 8.94. The summed E-state index contributed by atoms with van der Waals surface area (Å²) in [6, 6.07) is 10.8. The van der Waals surface area contributed by atoms with Crippen LogP contribution in [0.15, 0.2) is 30.3 Å². The first-order chi connectivity index (χ1) is 11.2. The number of hydrogen-bond acceptors (Lipinski definition) is 3. The second-order valence-corrected chi connectivity index (χ2v) is 7.00.